The maximum atomic E-state index is 4.29. The van der Waals surface area contributed by atoms with E-state index in [4.69, 9.17) is 0 Å². The number of pyridine rings is 1. The first-order valence-corrected chi connectivity index (χ1v) is 4.67. The molecule has 1 aliphatic heterocycles. The van der Waals surface area contributed by atoms with E-state index in [9.17, 15) is 0 Å². The molecular formula is C11H14N2. The molecule has 0 aliphatic carbocycles. The average Bonchev–Trinajstić information content (AvgIpc) is 2.17. The molecule has 13 heavy (non-hydrogen) atoms. The summed E-state index contributed by atoms with van der Waals surface area (Å²) in [5.74, 6) is 1.61. The van der Waals surface area contributed by atoms with Crippen LogP contribution in [0.2, 0.25) is 0 Å². The standard InChI is InChI=1S/C11H14N2/c1-8(2)10-6-5-9-4-3-7-12-11(9)13-10/h3-8,10H,1-2H3,(H,12,13). The lowest BCUT2D eigenvalue weighted by molar-refractivity contribution is 0.598. The molecular weight excluding hydrogens is 160 g/mol. The van der Waals surface area contributed by atoms with Gasteiger partial charge in [-0.15, -0.1) is 0 Å². The summed E-state index contributed by atoms with van der Waals surface area (Å²) < 4.78 is 0. The fourth-order valence-electron chi connectivity index (χ4n) is 1.48. The topological polar surface area (TPSA) is 24.9 Å². The van der Waals surface area contributed by atoms with E-state index in [0.717, 1.165) is 5.82 Å². The lowest BCUT2D eigenvalue weighted by atomic mass is 10.00. The van der Waals surface area contributed by atoms with Crippen LogP contribution in [-0.4, -0.2) is 11.0 Å². The van der Waals surface area contributed by atoms with Gasteiger partial charge in [0.1, 0.15) is 5.82 Å². The van der Waals surface area contributed by atoms with Crippen LogP contribution in [-0.2, 0) is 0 Å². The molecule has 1 aromatic rings. The Morgan fingerprint density at radius 2 is 2.31 bits per heavy atom. The number of hydrogen-bond acceptors (Lipinski definition) is 2. The summed E-state index contributed by atoms with van der Waals surface area (Å²) in [7, 11) is 0. The number of fused-ring (bicyclic) bond motifs is 1. The van der Waals surface area contributed by atoms with Crippen molar-refractivity contribution >= 4 is 11.9 Å². The number of aromatic nitrogens is 1. The smallest absolute Gasteiger partial charge is 0.133 e. The Morgan fingerprint density at radius 3 is 3.08 bits per heavy atom. The van der Waals surface area contributed by atoms with E-state index in [2.05, 4.69) is 42.4 Å². The largest absolute Gasteiger partial charge is 0.363 e. The molecule has 0 spiro atoms. The monoisotopic (exact) mass is 174 g/mol. The molecule has 1 aliphatic rings. The molecule has 2 nitrogen and oxygen atoms in total. The zero-order chi connectivity index (χ0) is 9.26. The summed E-state index contributed by atoms with van der Waals surface area (Å²) in [6.45, 7) is 4.41. The van der Waals surface area contributed by atoms with Crippen molar-refractivity contribution in [1.29, 1.82) is 0 Å². The van der Waals surface area contributed by atoms with Crippen molar-refractivity contribution in [3.05, 3.63) is 30.0 Å². The average molecular weight is 174 g/mol. The Balaban J connectivity index is 2.29. The first-order chi connectivity index (χ1) is 6.27. The molecule has 0 bridgehead atoms. The molecule has 2 heteroatoms. The molecule has 1 aromatic heterocycles. The van der Waals surface area contributed by atoms with Gasteiger partial charge in [-0.05, 0) is 18.1 Å². The van der Waals surface area contributed by atoms with Crippen LogP contribution >= 0.6 is 0 Å². The van der Waals surface area contributed by atoms with Crippen molar-refractivity contribution in [3.63, 3.8) is 0 Å². The molecule has 0 radical (unpaired) electrons. The third-order valence-corrected chi connectivity index (χ3v) is 2.34. The molecule has 68 valence electrons. The molecule has 1 atom stereocenters. The summed E-state index contributed by atoms with van der Waals surface area (Å²) in [4.78, 5) is 4.29. The number of hydrogen-bond donors (Lipinski definition) is 1. The predicted octanol–water partition coefficient (Wildman–Crippen LogP) is 2.54. The highest BCUT2D eigenvalue weighted by molar-refractivity contribution is 5.67. The third-order valence-electron chi connectivity index (χ3n) is 2.34. The Bertz CT molecular complexity index is 329. The van der Waals surface area contributed by atoms with E-state index >= 15 is 0 Å². The minimum atomic E-state index is 0.419. The van der Waals surface area contributed by atoms with E-state index in [1.807, 2.05) is 12.3 Å². The number of anilines is 1. The first kappa shape index (κ1) is 8.30. The predicted molar refractivity (Wildman–Crippen MR) is 55.5 cm³/mol. The zero-order valence-electron chi connectivity index (χ0n) is 7.99. The van der Waals surface area contributed by atoms with Gasteiger partial charge in [0.25, 0.3) is 0 Å². The first-order valence-electron chi connectivity index (χ1n) is 4.67. The highest BCUT2D eigenvalue weighted by Gasteiger charge is 2.15. The van der Waals surface area contributed by atoms with Crippen LogP contribution < -0.4 is 5.32 Å². The van der Waals surface area contributed by atoms with Crippen molar-refractivity contribution in [2.45, 2.75) is 19.9 Å². The van der Waals surface area contributed by atoms with Crippen LogP contribution in [0.1, 0.15) is 19.4 Å². The van der Waals surface area contributed by atoms with Crippen LogP contribution in [0.3, 0.4) is 0 Å². The van der Waals surface area contributed by atoms with Crippen LogP contribution in [0.5, 0.6) is 0 Å². The van der Waals surface area contributed by atoms with Crippen LogP contribution in [0, 0.1) is 5.92 Å². The van der Waals surface area contributed by atoms with E-state index in [1.54, 1.807) is 0 Å². The van der Waals surface area contributed by atoms with Crippen molar-refractivity contribution in [3.8, 4) is 0 Å². The van der Waals surface area contributed by atoms with E-state index in [0.29, 0.717) is 12.0 Å². The van der Waals surface area contributed by atoms with Gasteiger partial charge in [0, 0.05) is 17.8 Å². The Morgan fingerprint density at radius 1 is 1.46 bits per heavy atom. The molecule has 2 rings (SSSR count). The number of rotatable bonds is 1. The number of nitrogens with one attached hydrogen (secondary N) is 1. The Labute approximate surface area is 78.7 Å². The zero-order valence-corrected chi connectivity index (χ0v) is 7.99. The lowest BCUT2D eigenvalue weighted by Crippen LogP contribution is -2.26. The second-order valence-electron chi connectivity index (χ2n) is 3.71. The van der Waals surface area contributed by atoms with Crippen molar-refractivity contribution in [2.75, 3.05) is 5.32 Å². The van der Waals surface area contributed by atoms with Crippen molar-refractivity contribution in [2.24, 2.45) is 5.92 Å². The van der Waals surface area contributed by atoms with Gasteiger partial charge in [-0.25, -0.2) is 4.98 Å². The second kappa shape index (κ2) is 3.21. The highest BCUT2D eigenvalue weighted by atomic mass is 15.0. The molecule has 0 saturated heterocycles. The molecule has 0 aromatic carbocycles. The normalized spacial score (nSPS) is 19.8. The third kappa shape index (κ3) is 1.57. The second-order valence-corrected chi connectivity index (χ2v) is 3.71. The summed E-state index contributed by atoms with van der Waals surface area (Å²) in [6.07, 6.45) is 6.17. The van der Waals surface area contributed by atoms with Gasteiger partial charge in [0.15, 0.2) is 0 Å². The van der Waals surface area contributed by atoms with Gasteiger partial charge < -0.3 is 5.32 Å². The molecule has 1 N–H and O–H groups in total. The van der Waals surface area contributed by atoms with E-state index < -0.39 is 0 Å². The minimum absolute atomic E-state index is 0.419. The lowest BCUT2D eigenvalue weighted by Gasteiger charge is -2.23. The SMILES string of the molecule is CC(C)C1C=Cc2cccnc2N1. The van der Waals surface area contributed by atoms with Gasteiger partial charge >= 0.3 is 0 Å². The quantitative estimate of drug-likeness (QED) is 0.707. The molecule has 0 fully saturated rings. The van der Waals surface area contributed by atoms with Crippen molar-refractivity contribution in [1.82, 2.24) is 4.98 Å². The molecule has 0 amide bonds. The van der Waals surface area contributed by atoms with Crippen LogP contribution in [0.4, 0.5) is 5.82 Å². The molecule has 1 unspecified atom stereocenters. The maximum Gasteiger partial charge on any atom is 0.133 e. The fourth-order valence-corrected chi connectivity index (χ4v) is 1.48. The van der Waals surface area contributed by atoms with Gasteiger partial charge in [-0.1, -0.05) is 26.0 Å². The number of nitrogens with zero attached hydrogens (tertiary/aromatic N) is 1. The molecule has 0 saturated carbocycles. The minimum Gasteiger partial charge on any atom is -0.363 e. The summed E-state index contributed by atoms with van der Waals surface area (Å²) in [6, 6.07) is 4.45. The Kier molecular flexibility index (Phi) is 2.05. The highest BCUT2D eigenvalue weighted by Crippen LogP contribution is 2.22. The van der Waals surface area contributed by atoms with Crippen molar-refractivity contribution < 1.29 is 0 Å². The van der Waals surface area contributed by atoms with Gasteiger partial charge in [0.05, 0.1) is 0 Å². The maximum absolute atomic E-state index is 4.29. The fraction of sp³-hybridized carbons (Fsp3) is 0.364. The summed E-state index contributed by atoms with van der Waals surface area (Å²) >= 11 is 0. The summed E-state index contributed by atoms with van der Waals surface area (Å²) in [5.41, 5.74) is 1.18. The van der Waals surface area contributed by atoms with E-state index in [1.165, 1.54) is 5.56 Å². The Hall–Kier alpha value is -1.31. The van der Waals surface area contributed by atoms with Crippen LogP contribution in [0.25, 0.3) is 6.08 Å². The van der Waals surface area contributed by atoms with Gasteiger partial charge in [0.2, 0.25) is 0 Å². The molecule has 2 heterocycles. The summed E-state index contributed by atoms with van der Waals surface area (Å²) in [5, 5.41) is 3.40. The van der Waals surface area contributed by atoms with Gasteiger partial charge in [-0.2, -0.15) is 0 Å². The van der Waals surface area contributed by atoms with Gasteiger partial charge in [-0.3, -0.25) is 0 Å². The van der Waals surface area contributed by atoms with E-state index in [-0.39, 0.29) is 0 Å². The van der Waals surface area contributed by atoms with Crippen LogP contribution in [0.15, 0.2) is 24.4 Å².